The fourth-order valence-electron chi connectivity index (χ4n) is 2.15. The Bertz CT molecular complexity index is 550. The number of nitrogens with zero attached hydrogens (tertiary/aromatic N) is 1. The molecule has 0 spiro atoms. The summed E-state index contributed by atoms with van der Waals surface area (Å²) < 4.78 is 14.0. The molecule has 3 nitrogen and oxygen atoms in total. The number of carbonyl (C=O) groups excluding carboxylic acids is 2. The first-order valence-corrected chi connectivity index (χ1v) is 7.49. The van der Waals surface area contributed by atoms with Crippen LogP contribution in [0.5, 0.6) is 0 Å². The van der Waals surface area contributed by atoms with Gasteiger partial charge in [0.15, 0.2) is 5.12 Å². The molecule has 0 saturated carbocycles. The van der Waals surface area contributed by atoms with Gasteiger partial charge in [0.1, 0.15) is 5.82 Å². The Hall–Kier alpha value is -0.880. The van der Waals surface area contributed by atoms with Crippen LogP contribution in [0.1, 0.15) is 18.9 Å². The van der Waals surface area contributed by atoms with Crippen LogP contribution in [0.15, 0.2) is 16.6 Å². The van der Waals surface area contributed by atoms with E-state index in [0.717, 1.165) is 5.56 Å². The molecule has 1 fully saturated rings. The van der Waals surface area contributed by atoms with Crippen LogP contribution in [-0.2, 0) is 9.59 Å². The van der Waals surface area contributed by atoms with Crippen molar-refractivity contribution in [2.24, 2.45) is 0 Å². The first-order chi connectivity index (χ1) is 8.88. The van der Waals surface area contributed by atoms with Gasteiger partial charge >= 0.3 is 0 Å². The number of hydrogen-bond acceptors (Lipinski definition) is 3. The van der Waals surface area contributed by atoms with Crippen molar-refractivity contribution in [3.05, 3.63) is 28.0 Å². The molecule has 2 rings (SSSR count). The van der Waals surface area contributed by atoms with E-state index < -0.39 is 5.82 Å². The van der Waals surface area contributed by atoms with E-state index in [0.29, 0.717) is 23.1 Å². The van der Waals surface area contributed by atoms with Crippen LogP contribution in [-0.4, -0.2) is 22.8 Å². The number of thioether (sulfide) groups is 1. The van der Waals surface area contributed by atoms with Crippen LogP contribution >= 0.6 is 27.7 Å². The molecule has 1 aliphatic heterocycles. The van der Waals surface area contributed by atoms with E-state index in [1.807, 2.05) is 6.92 Å². The maximum absolute atomic E-state index is 13.6. The Kier molecular flexibility index (Phi) is 4.30. The van der Waals surface area contributed by atoms with Gasteiger partial charge in [-0.2, -0.15) is 0 Å². The molecule has 1 atom stereocenters. The van der Waals surface area contributed by atoms with E-state index >= 15 is 0 Å². The van der Waals surface area contributed by atoms with Crippen LogP contribution < -0.4 is 4.90 Å². The number of carbonyl (C=O) groups is 2. The summed E-state index contributed by atoms with van der Waals surface area (Å²) in [6.45, 7) is 3.77. The summed E-state index contributed by atoms with van der Waals surface area (Å²) in [5.41, 5.74) is 1.41. The Morgan fingerprint density at radius 1 is 1.53 bits per heavy atom. The number of aryl methyl sites for hydroxylation is 1. The van der Waals surface area contributed by atoms with Gasteiger partial charge in [0.2, 0.25) is 5.91 Å². The van der Waals surface area contributed by atoms with Gasteiger partial charge in [-0.05, 0) is 40.5 Å². The summed E-state index contributed by atoms with van der Waals surface area (Å²) in [5.74, 6) is -0.459. The highest BCUT2D eigenvalue weighted by atomic mass is 79.9. The fourth-order valence-corrected chi connectivity index (χ4v) is 3.52. The van der Waals surface area contributed by atoms with E-state index in [-0.39, 0.29) is 16.3 Å². The second-order valence-corrected chi connectivity index (χ2v) is 6.82. The predicted molar refractivity (Wildman–Crippen MR) is 77.9 cm³/mol. The van der Waals surface area contributed by atoms with Crippen molar-refractivity contribution < 1.29 is 14.0 Å². The van der Waals surface area contributed by atoms with Crippen molar-refractivity contribution in [2.45, 2.75) is 25.5 Å². The minimum atomic E-state index is -0.393. The Morgan fingerprint density at radius 3 is 2.84 bits per heavy atom. The maximum atomic E-state index is 13.6. The normalized spacial score (nSPS) is 19.1. The average Bonchev–Trinajstić information content (AvgIpc) is 2.63. The zero-order valence-corrected chi connectivity index (χ0v) is 13.0. The van der Waals surface area contributed by atoms with Gasteiger partial charge in [0.05, 0.1) is 4.47 Å². The summed E-state index contributed by atoms with van der Waals surface area (Å²) in [6, 6.07) is 3.02. The number of halogens is 2. The molecule has 0 radical (unpaired) electrons. The van der Waals surface area contributed by atoms with Gasteiger partial charge in [0.25, 0.3) is 0 Å². The lowest BCUT2D eigenvalue weighted by molar-refractivity contribution is -0.117. The highest BCUT2D eigenvalue weighted by molar-refractivity contribution is 9.10. The third kappa shape index (κ3) is 3.17. The number of benzene rings is 1. The molecule has 1 aromatic carbocycles. The molecule has 1 aromatic rings. The molecule has 1 saturated heterocycles. The molecule has 1 heterocycles. The van der Waals surface area contributed by atoms with E-state index in [2.05, 4.69) is 15.9 Å². The van der Waals surface area contributed by atoms with Crippen molar-refractivity contribution in [2.75, 3.05) is 11.4 Å². The molecule has 6 heteroatoms. The van der Waals surface area contributed by atoms with Crippen molar-refractivity contribution in [3.63, 3.8) is 0 Å². The second-order valence-electron chi connectivity index (χ2n) is 4.49. The van der Waals surface area contributed by atoms with Crippen LogP contribution in [0.25, 0.3) is 0 Å². The lowest BCUT2D eigenvalue weighted by atomic mass is 10.2. The molecule has 1 unspecified atom stereocenters. The second kappa shape index (κ2) is 5.63. The number of anilines is 1. The molecule has 0 N–H and O–H groups in total. The van der Waals surface area contributed by atoms with E-state index in [9.17, 15) is 14.0 Å². The zero-order chi connectivity index (χ0) is 14.2. The van der Waals surface area contributed by atoms with Crippen LogP contribution in [0, 0.1) is 12.7 Å². The van der Waals surface area contributed by atoms with E-state index in [4.69, 9.17) is 0 Å². The van der Waals surface area contributed by atoms with Crippen molar-refractivity contribution >= 4 is 44.4 Å². The lowest BCUT2D eigenvalue weighted by Gasteiger charge is -2.19. The van der Waals surface area contributed by atoms with Crippen LogP contribution in [0.3, 0.4) is 0 Å². The summed E-state index contributed by atoms with van der Waals surface area (Å²) in [7, 11) is 0. The third-order valence-corrected chi connectivity index (χ3v) is 4.54. The molecular formula is C13H13BrFNO2S. The first kappa shape index (κ1) is 14.5. The van der Waals surface area contributed by atoms with Gasteiger partial charge < -0.3 is 4.90 Å². The molecule has 0 aliphatic carbocycles. The molecule has 19 heavy (non-hydrogen) atoms. The van der Waals surface area contributed by atoms with E-state index in [1.165, 1.54) is 24.8 Å². The molecule has 1 aliphatic rings. The molecule has 1 amide bonds. The standard InChI is InChI=1S/C13H13BrFNO2S/c1-7-3-10(14)11(15)5-12(7)16-6-9(4-13(16)18)19-8(2)17/h3,5,9H,4,6H2,1-2H3. The number of amides is 1. The number of hydrogen-bond donors (Lipinski definition) is 0. The fraction of sp³-hybridized carbons (Fsp3) is 0.385. The van der Waals surface area contributed by atoms with E-state index in [1.54, 1.807) is 11.0 Å². The highest BCUT2D eigenvalue weighted by Crippen LogP contribution is 2.33. The molecular weight excluding hydrogens is 333 g/mol. The third-order valence-electron chi connectivity index (χ3n) is 2.95. The lowest BCUT2D eigenvalue weighted by Crippen LogP contribution is -2.26. The summed E-state index contributed by atoms with van der Waals surface area (Å²) in [6.07, 6.45) is 0.321. The topological polar surface area (TPSA) is 37.4 Å². The molecule has 0 aromatic heterocycles. The van der Waals surface area contributed by atoms with Crippen molar-refractivity contribution in [1.29, 1.82) is 0 Å². The van der Waals surface area contributed by atoms with Crippen molar-refractivity contribution in [1.82, 2.24) is 0 Å². The monoisotopic (exact) mass is 345 g/mol. The van der Waals surface area contributed by atoms with Crippen LogP contribution in [0.2, 0.25) is 0 Å². The summed E-state index contributed by atoms with van der Waals surface area (Å²) >= 11 is 4.29. The minimum Gasteiger partial charge on any atom is -0.311 e. The van der Waals surface area contributed by atoms with Gasteiger partial charge in [-0.3, -0.25) is 9.59 Å². The Balaban J connectivity index is 2.25. The average molecular weight is 346 g/mol. The first-order valence-electron chi connectivity index (χ1n) is 5.81. The van der Waals surface area contributed by atoms with Gasteiger partial charge in [-0.1, -0.05) is 11.8 Å². The van der Waals surface area contributed by atoms with Gasteiger partial charge in [0, 0.05) is 30.8 Å². The van der Waals surface area contributed by atoms with Crippen molar-refractivity contribution in [3.8, 4) is 0 Å². The summed E-state index contributed by atoms with van der Waals surface area (Å²) in [5, 5.41) is -0.0468. The smallest absolute Gasteiger partial charge is 0.228 e. The van der Waals surface area contributed by atoms with Crippen LogP contribution in [0.4, 0.5) is 10.1 Å². The molecule has 102 valence electrons. The predicted octanol–water partition coefficient (Wildman–Crippen LogP) is 3.28. The zero-order valence-electron chi connectivity index (χ0n) is 10.6. The quantitative estimate of drug-likeness (QED) is 0.825. The number of rotatable bonds is 2. The SMILES string of the molecule is CC(=O)SC1CC(=O)N(c2cc(F)c(Br)cc2C)C1. The molecule has 0 bridgehead atoms. The van der Waals surface area contributed by atoms with Gasteiger partial charge in [-0.25, -0.2) is 4.39 Å². The maximum Gasteiger partial charge on any atom is 0.228 e. The Morgan fingerprint density at radius 2 is 2.21 bits per heavy atom. The Labute approximate surface area is 123 Å². The van der Waals surface area contributed by atoms with Gasteiger partial charge in [-0.15, -0.1) is 0 Å². The highest BCUT2D eigenvalue weighted by Gasteiger charge is 2.32. The minimum absolute atomic E-state index is 0.00152. The summed E-state index contributed by atoms with van der Waals surface area (Å²) in [4.78, 5) is 24.6. The largest absolute Gasteiger partial charge is 0.311 e.